The highest BCUT2D eigenvalue weighted by molar-refractivity contribution is 6.16. The van der Waals surface area contributed by atoms with Gasteiger partial charge in [-0.2, -0.15) is 0 Å². The van der Waals surface area contributed by atoms with Crippen molar-refractivity contribution in [1.82, 2.24) is 4.57 Å². The fourth-order valence-electron chi connectivity index (χ4n) is 9.96. The molecule has 60 heavy (non-hydrogen) atoms. The van der Waals surface area contributed by atoms with Crippen LogP contribution in [0.2, 0.25) is 0 Å². The van der Waals surface area contributed by atoms with E-state index < -0.39 is 0 Å². The molecular weight excluding hydrogens is 729 g/mol. The highest BCUT2D eigenvalue weighted by atomic mass is 16.3. The first-order valence-corrected chi connectivity index (χ1v) is 20.8. The summed E-state index contributed by atoms with van der Waals surface area (Å²) in [5.74, 6) is 0. The number of furan rings is 1. The van der Waals surface area contributed by atoms with E-state index in [1.54, 1.807) is 0 Å². The molecule has 0 unspecified atom stereocenters. The van der Waals surface area contributed by atoms with Gasteiger partial charge < -0.3 is 13.9 Å². The maximum Gasteiger partial charge on any atom is 0.135 e. The standard InChI is InChI=1S/C57H40N2O/c1-57(2)48-20-9-6-17-45(48)56-49(57)21-13-24-52(56)58(41-31-26-37(27-32-41)39-30-35-54-47(36-39)44-16-8-11-25-53(44)60-54)42-33-28-38(29-34-42)43-19-12-23-51-55(43)46-18-7-10-22-50(46)59(51)40-14-4-3-5-15-40/h3-36H,1-2H3. The maximum absolute atomic E-state index is 6.16. The summed E-state index contributed by atoms with van der Waals surface area (Å²) in [7, 11) is 0. The van der Waals surface area contributed by atoms with Crippen LogP contribution in [0.1, 0.15) is 25.0 Å². The van der Waals surface area contributed by atoms with Gasteiger partial charge >= 0.3 is 0 Å². The molecule has 0 aliphatic heterocycles. The van der Waals surface area contributed by atoms with Crippen LogP contribution < -0.4 is 4.90 Å². The van der Waals surface area contributed by atoms with Crippen LogP contribution in [0.25, 0.3) is 82.8 Å². The summed E-state index contributed by atoms with van der Waals surface area (Å²) in [6.45, 7) is 4.70. The molecule has 0 bridgehead atoms. The van der Waals surface area contributed by atoms with E-state index in [1.165, 1.54) is 60.9 Å². The lowest BCUT2D eigenvalue weighted by atomic mass is 9.82. The van der Waals surface area contributed by atoms with Gasteiger partial charge in [0, 0.05) is 49.6 Å². The summed E-state index contributed by atoms with van der Waals surface area (Å²) < 4.78 is 8.54. The Morgan fingerprint density at radius 2 is 1.03 bits per heavy atom. The summed E-state index contributed by atoms with van der Waals surface area (Å²) in [6, 6.07) is 74.9. The van der Waals surface area contributed by atoms with Gasteiger partial charge in [0.1, 0.15) is 11.2 Å². The van der Waals surface area contributed by atoms with Crippen LogP contribution in [0.15, 0.2) is 211 Å². The fourth-order valence-corrected chi connectivity index (χ4v) is 9.96. The summed E-state index contributed by atoms with van der Waals surface area (Å²) in [6.07, 6.45) is 0. The minimum absolute atomic E-state index is 0.116. The largest absolute Gasteiger partial charge is 0.456 e. The second kappa shape index (κ2) is 13.2. The molecule has 11 aromatic rings. The van der Waals surface area contributed by atoms with Crippen molar-refractivity contribution in [1.29, 1.82) is 0 Å². The fraction of sp³-hybridized carbons (Fsp3) is 0.0526. The van der Waals surface area contributed by atoms with Crippen molar-refractivity contribution < 1.29 is 4.42 Å². The van der Waals surface area contributed by atoms with Gasteiger partial charge in [0.15, 0.2) is 0 Å². The molecule has 3 heteroatoms. The molecule has 0 saturated heterocycles. The summed E-state index contributed by atoms with van der Waals surface area (Å²) in [4.78, 5) is 2.44. The van der Waals surface area contributed by atoms with Gasteiger partial charge in [-0.3, -0.25) is 0 Å². The predicted octanol–water partition coefficient (Wildman–Crippen LogP) is 15.8. The Kier molecular flexibility index (Phi) is 7.58. The minimum atomic E-state index is -0.116. The number of fused-ring (bicyclic) bond motifs is 9. The number of anilines is 3. The second-order valence-corrected chi connectivity index (χ2v) is 16.5. The lowest BCUT2D eigenvalue weighted by Gasteiger charge is -2.29. The average molecular weight is 769 g/mol. The van der Waals surface area contributed by atoms with Gasteiger partial charge in [-0.05, 0) is 112 Å². The Balaban J connectivity index is 1.01. The summed E-state index contributed by atoms with van der Waals surface area (Å²) >= 11 is 0. The molecule has 0 radical (unpaired) electrons. The molecule has 2 aromatic heterocycles. The molecule has 0 saturated carbocycles. The van der Waals surface area contributed by atoms with Gasteiger partial charge in [0.05, 0.1) is 16.7 Å². The summed E-state index contributed by atoms with van der Waals surface area (Å²) in [5.41, 5.74) is 18.7. The molecule has 1 aliphatic rings. The first-order valence-electron chi connectivity index (χ1n) is 20.8. The predicted molar refractivity (Wildman–Crippen MR) is 251 cm³/mol. The van der Waals surface area contributed by atoms with Crippen LogP contribution in [0.5, 0.6) is 0 Å². The van der Waals surface area contributed by atoms with E-state index in [2.05, 4.69) is 217 Å². The third kappa shape index (κ3) is 5.15. The molecule has 0 atom stereocenters. The van der Waals surface area contributed by atoms with Crippen molar-refractivity contribution in [3.8, 4) is 39.1 Å². The quantitative estimate of drug-likeness (QED) is 0.168. The SMILES string of the molecule is CC1(C)c2ccccc2-c2c(N(c3ccc(-c4ccc5oc6ccccc6c5c4)cc3)c3ccc(-c4cccc5c4c4ccccc4n5-c4ccccc4)cc3)cccc21. The molecule has 0 spiro atoms. The maximum atomic E-state index is 6.16. The third-order valence-corrected chi connectivity index (χ3v) is 12.8. The van der Waals surface area contributed by atoms with Crippen molar-refractivity contribution in [2.45, 2.75) is 19.3 Å². The molecule has 0 N–H and O–H groups in total. The molecule has 0 amide bonds. The Bertz CT molecular complexity index is 3440. The molecule has 12 rings (SSSR count). The van der Waals surface area contributed by atoms with Crippen LogP contribution in [-0.2, 0) is 5.41 Å². The zero-order chi connectivity index (χ0) is 40.0. The van der Waals surface area contributed by atoms with Crippen LogP contribution in [0.4, 0.5) is 17.1 Å². The number of benzene rings is 9. The smallest absolute Gasteiger partial charge is 0.135 e. The Morgan fingerprint density at radius 1 is 0.433 bits per heavy atom. The van der Waals surface area contributed by atoms with Crippen molar-refractivity contribution >= 4 is 60.8 Å². The normalized spacial score (nSPS) is 13.0. The van der Waals surface area contributed by atoms with Gasteiger partial charge in [0.2, 0.25) is 0 Å². The second-order valence-electron chi connectivity index (χ2n) is 16.5. The van der Waals surface area contributed by atoms with Crippen LogP contribution in [0, 0.1) is 0 Å². The van der Waals surface area contributed by atoms with Crippen molar-refractivity contribution in [3.63, 3.8) is 0 Å². The van der Waals surface area contributed by atoms with E-state index in [4.69, 9.17) is 4.42 Å². The van der Waals surface area contributed by atoms with E-state index in [0.29, 0.717) is 0 Å². The number of hydrogen-bond donors (Lipinski definition) is 0. The number of aromatic nitrogens is 1. The van der Waals surface area contributed by atoms with Gasteiger partial charge in [-0.1, -0.05) is 147 Å². The Labute approximate surface area is 349 Å². The lowest BCUT2D eigenvalue weighted by molar-refractivity contribution is 0.660. The van der Waals surface area contributed by atoms with Gasteiger partial charge in [0.25, 0.3) is 0 Å². The van der Waals surface area contributed by atoms with E-state index in [0.717, 1.165) is 50.1 Å². The molecule has 2 heterocycles. The van der Waals surface area contributed by atoms with E-state index in [9.17, 15) is 0 Å². The highest BCUT2D eigenvalue weighted by Gasteiger charge is 2.37. The Hall–Kier alpha value is -7.62. The van der Waals surface area contributed by atoms with Crippen molar-refractivity contribution in [3.05, 3.63) is 217 Å². The van der Waals surface area contributed by atoms with Crippen molar-refractivity contribution in [2.75, 3.05) is 4.90 Å². The number of para-hydroxylation sites is 3. The van der Waals surface area contributed by atoms with Crippen molar-refractivity contribution in [2.24, 2.45) is 0 Å². The average Bonchev–Trinajstić information content (AvgIpc) is 3.93. The molecular formula is C57H40N2O. The number of nitrogens with zero attached hydrogens (tertiary/aromatic N) is 2. The third-order valence-electron chi connectivity index (χ3n) is 12.8. The molecule has 0 fully saturated rings. The number of rotatable bonds is 6. The first-order chi connectivity index (χ1) is 29.5. The monoisotopic (exact) mass is 768 g/mol. The summed E-state index contributed by atoms with van der Waals surface area (Å²) in [5, 5.41) is 4.78. The molecule has 9 aromatic carbocycles. The Morgan fingerprint density at radius 3 is 1.85 bits per heavy atom. The lowest BCUT2D eigenvalue weighted by Crippen LogP contribution is -2.16. The van der Waals surface area contributed by atoms with Crippen LogP contribution in [-0.4, -0.2) is 4.57 Å². The zero-order valence-corrected chi connectivity index (χ0v) is 33.4. The molecule has 3 nitrogen and oxygen atoms in total. The zero-order valence-electron chi connectivity index (χ0n) is 33.4. The minimum Gasteiger partial charge on any atom is -0.456 e. The first kappa shape index (κ1) is 34.4. The molecule has 1 aliphatic carbocycles. The van der Waals surface area contributed by atoms with Crippen LogP contribution >= 0.6 is 0 Å². The van der Waals surface area contributed by atoms with E-state index >= 15 is 0 Å². The van der Waals surface area contributed by atoms with Gasteiger partial charge in [-0.25, -0.2) is 0 Å². The van der Waals surface area contributed by atoms with E-state index in [-0.39, 0.29) is 5.41 Å². The van der Waals surface area contributed by atoms with E-state index in [1.807, 2.05) is 12.1 Å². The molecule has 284 valence electrons. The topological polar surface area (TPSA) is 21.3 Å². The van der Waals surface area contributed by atoms with Gasteiger partial charge in [-0.15, -0.1) is 0 Å². The number of hydrogen-bond acceptors (Lipinski definition) is 2. The highest BCUT2D eigenvalue weighted by Crippen LogP contribution is 2.54. The van der Waals surface area contributed by atoms with Crippen LogP contribution in [0.3, 0.4) is 0 Å².